The SMILES string of the molecule is CCOCCCCNC(=NC)NCC1CCN(CCc2ccccc2)C1. The Labute approximate surface area is 159 Å². The summed E-state index contributed by atoms with van der Waals surface area (Å²) in [5.41, 5.74) is 1.43. The maximum absolute atomic E-state index is 5.36. The van der Waals surface area contributed by atoms with E-state index in [-0.39, 0.29) is 0 Å². The van der Waals surface area contributed by atoms with Crippen LogP contribution in [0.1, 0.15) is 31.7 Å². The molecule has 5 nitrogen and oxygen atoms in total. The Balaban J connectivity index is 1.56. The largest absolute Gasteiger partial charge is 0.382 e. The highest BCUT2D eigenvalue weighted by Crippen LogP contribution is 2.15. The second-order valence-corrected chi connectivity index (χ2v) is 6.97. The minimum absolute atomic E-state index is 0.710. The highest BCUT2D eigenvalue weighted by atomic mass is 16.5. The van der Waals surface area contributed by atoms with Crippen LogP contribution < -0.4 is 10.6 Å². The van der Waals surface area contributed by atoms with Crippen molar-refractivity contribution in [3.63, 3.8) is 0 Å². The summed E-state index contributed by atoms with van der Waals surface area (Å²) in [6, 6.07) is 10.8. The van der Waals surface area contributed by atoms with E-state index in [4.69, 9.17) is 4.74 Å². The van der Waals surface area contributed by atoms with Crippen LogP contribution in [-0.4, -0.2) is 63.8 Å². The number of hydrogen-bond donors (Lipinski definition) is 2. The molecule has 146 valence electrons. The molecule has 1 heterocycles. The lowest BCUT2D eigenvalue weighted by Gasteiger charge is -2.17. The zero-order valence-corrected chi connectivity index (χ0v) is 16.5. The van der Waals surface area contributed by atoms with Gasteiger partial charge in [0.25, 0.3) is 0 Å². The molecule has 2 N–H and O–H groups in total. The van der Waals surface area contributed by atoms with E-state index in [2.05, 4.69) is 50.9 Å². The summed E-state index contributed by atoms with van der Waals surface area (Å²) in [6.07, 6.45) is 4.62. The first-order chi connectivity index (χ1) is 12.8. The van der Waals surface area contributed by atoms with Gasteiger partial charge in [-0.15, -0.1) is 0 Å². The highest BCUT2D eigenvalue weighted by molar-refractivity contribution is 5.79. The fraction of sp³-hybridized carbons (Fsp3) is 0.667. The second-order valence-electron chi connectivity index (χ2n) is 6.97. The quantitative estimate of drug-likeness (QED) is 0.362. The maximum atomic E-state index is 5.36. The average molecular weight is 361 g/mol. The molecule has 1 aliphatic rings. The van der Waals surface area contributed by atoms with E-state index in [0.717, 1.165) is 58.1 Å². The van der Waals surface area contributed by atoms with Gasteiger partial charge in [-0.1, -0.05) is 30.3 Å². The first kappa shape index (κ1) is 20.7. The minimum Gasteiger partial charge on any atom is -0.382 e. The first-order valence-electron chi connectivity index (χ1n) is 10.1. The molecule has 1 aromatic carbocycles. The molecule has 0 saturated carbocycles. The maximum Gasteiger partial charge on any atom is 0.190 e. The lowest BCUT2D eigenvalue weighted by Crippen LogP contribution is -2.40. The van der Waals surface area contributed by atoms with Gasteiger partial charge >= 0.3 is 0 Å². The van der Waals surface area contributed by atoms with Gasteiger partial charge in [-0.2, -0.15) is 0 Å². The molecule has 0 spiro atoms. The standard InChI is InChI=1S/C21H36N4O/c1-3-26-16-8-7-13-23-21(22-2)24-17-20-12-15-25(18-20)14-11-19-9-5-4-6-10-19/h4-6,9-10,20H,3,7-8,11-18H2,1-2H3,(H2,22,23,24). The van der Waals surface area contributed by atoms with Crippen LogP contribution in [0.5, 0.6) is 0 Å². The topological polar surface area (TPSA) is 48.9 Å². The smallest absolute Gasteiger partial charge is 0.190 e. The molecule has 2 rings (SSSR count). The Hall–Kier alpha value is -1.59. The number of nitrogens with zero attached hydrogens (tertiary/aromatic N) is 2. The van der Waals surface area contributed by atoms with Crippen molar-refractivity contribution in [2.24, 2.45) is 10.9 Å². The molecule has 0 aliphatic carbocycles. The van der Waals surface area contributed by atoms with Gasteiger partial charge in [-0.25, -0.2) is 0 Å². The molecule has 0 amide bonds. The molecule has 0 aromatic heterocycles. The van der Waals surface area contributed by atoms with E-state index in [1.54, 1.807) is 0 Å². The molecular weight excluding hydrogens is 324 g/mol. The Morgan fingerprint density at radius 2 is 2.08 bits per heavy atom. The molecule has 1 aromatic rings. The Kier molecular flexibility index (Phi) is 10.1. The third-order valence-corrected chi connectivity index (χ3v) is 4.92. The van der Waals surface area contributed by atoms with Crippen LogP contribution in [0.3, 0.4) is 0 Å². The Morgan fingerprint density at radius 1 is 1.23 bits per heavy atom. The summed E-state index contributed by atoms with van der Waals surface area (Å²) in [4.78, 5) is 6.91. The van der Waals surface area contributed by atoms with Crippen molar-refractivity contribution in [2.45, 2.75) is 32.6 Å². The van der Waals surface area contributed by atoms with Crippen molar-refractivity contribution in [3.05, 3.63) is 35.9 Å². The van der Waals surface area contributed by atoms with Crippen LogP contribution >= 0.6 is 0 Å². The van der Waals surface area contributed by atoms with Crippen LogP contribution in [0, 0.1) is 5.92 Å². The van der Waals surface area contributed by atoms with Gasteiger partial charge < -0.3 is 20.3 Å². The summed E-state index contributed by atoms with van der Waals surface area (Å²) < 4.78 is 5.36. The number of benzene rings is 1. The van der Waals surface area contributed by atoms with Crippen LogP contribution in [0.15, 0.2) is 35.3 Å². The van der Waals surface area contributed by atoms with Crippen molar-refractivity contribution >= 4 is 5.96 Å². The highest BCUT2D eigenvalue weighted by Gasteiger charge is 2.22. The Bertz CT molecular complexity index is 506. The third-order valence-electron chi connectivity index (χ3n) is 4.92. The van der Waals surface area contributed by atoms with Gasteiger partial charge in [0.05, 0.1) is 0 Å². The van der Waals surface area contributed by atoms with Crippen LogP contribution in [0.4, 0.5) is 0 Å². The van der Waals surface area contributed by atoms with Crippen molar-refractivity contribution in [2.75, 3.05) is 53.0 Å². The number of nitrogens with one attached hydrogen (secondary N) is 2. The van der Waals surface area contributed by atoms with Gasteiger partial charge in [0.15, 0.2) is 5.96 Å². The van der Waals surface area contributed by atoms with Crippen molar-refractivity contribution in [1.82, 2.24) is 15.5 Å². The van der Waals surface area contributed by atoms with E-state index in [9.17, 15) is 0 Å². The number of guanidine groups is 1. The number of hydrogen-bond acceptors (Lipinski definition) is 3. The van der Waals surface area contributed by atoms with Crippen LogP contribution in [-0.2, 0) is 11.2 Å². The predicted molar refractivity (Wildman–Crippen MR) is 110 cm³/mol. The van der Waals surface area contributed by atoms with Crippen LogP contribution in [0.25, 0.3) is 0 Å². The van der Waals surface area contributed by atoms with E-state index < -0.39 is 0 Å². The van der Waals surface area contributed by atoms with E-state index in [1.165, 1.54) is 25.1 Å². The van der Waals surface area contributed by atoms with Gasteiger partial charge in [-0.05, 0) is 50.6 Å². The zero-order chi connectivity index (χ0) is 18.5. The fourth-order valence-corrected chi connectivity index (χ4v) is 3.36. The number of likely N-dealkylation sites (tertiary alicyclic amines) is 1. The van der Waals surface area contributed by atoms with Gasteiger partial charge in [0.1, 0.15) is 0 Å². The molecular formula is C21H36N4O. The summed E-state index contributed by atoms with van der Waals surface area (Å²) in [5, 5.41) is 6.89. The number of unbranched alkanes of at least 4 members (excludes halogenated alkanes) is 1. The van der Waals surface area contributed by atoms with Crippen LogP contribution in [0.2, 0.25) is 0 Å². The van der Waals surface area contributed by atoms with E-state index in [1.807, 2.05) is 14.0 Å². The lowest BCUT2D eigenvalue weighted by molar-refractivity contribution is 0.143. The molecule has 1 atom stereocenters. The minimum atomic E-state index is 0.710. The monoisotopic (exact) mass is 360 g/mol. The third kappa shape index (κ3) is 8.19. The molecule has 5 heteroatoms. The summed E-state index contributed by atoms with van der Waals surface area (Å²) in [7, 11) is 1.84. The molecule has 1 saturated heterocycles. The average Bonchev–Trinajstić information content (AvgIpc) is 3.14. The van der Waals surface area contributed by atoms with Gasteiger partial charge in [-0.3, -0.25) is 4.99 Å². The number of rotatable bonds is 11. The van der Waals surface area contributed by atoms with Gasteiger partial charge in [0.2, 0.25) is 0 Å². The zero-order valence-electron chi connectivity index (χ0n) is 16.5. The number of aliphatic imine (C=N–C) groups is 1. The van der Waals surface area contributed by atoms with E-state index >= 15 is 0 Å². The second kappa shape index (κ2) is 12.7. The molecule has 1 unspecified atom stereocenters. The number of ether oxygens (including phenoxy) is 1. The summed E-state index contributed by atoms with van der Waals surface area (Å²) in [5.74, 6) is 1.63. The first-order valence-corrected chi connectivity index (χ1v) is 10.1. The molecule has 1 aliphatic heterocycles. The predicted octanol–water partition coefficient (Wildman–Crippen LogP) is 2.53. The normalized spacial score (nSPS) is 18.2. The molecule has 0 radical (unpaired) electrons. The fourth-order valence-electron chi connectivity index (χ4n) is 3.36. The summed E-state index contributed by atoms with van der Waals surface area (Å²) >= 11 is 0. The van der Waals surface area contributed by atoms with Crippen molar-refractivity contribution < 1.29 is 4.74 Å². The van der Waals surface area contributed by atoms with Crippen molar-refractivity contribution in [3.8, 4) is 0 Å². The van der Waals surface area contributed by atoms with Gasteiger partial charge in [0, 0.05) is 46.4 Å². The summed E-state index contributed by atoms with van der Waals surface area (Å²) in [6.45, 7) is 9.20. The molecule has 0 bridgehead atoms. The molecule has 26 heavy (non-hydrogen) atoms. The lowest BCUT2D eigenvalue weighted by atomic mass is 10.1. The molecule has 1 fully saturated rings. The van der Waals surface area contributed by atoms with E-state index in [0.29, 0.717) is 5.92 Å². The van der Waals surface area contributed by atoms with Crippen molar-refractivity contribution in [1.29, 1.82) is 0 Å². The Morgan fingerprint density at radius 3 is 2.85 bits per heavy atom.